The van der Waals surface area contributed by atoms with Gasteiger partial charge in [-0.2, -0.15) is 0 Å². The van der Waals surface area contributed by atoms with Gasteiger partial charge < -0.3 is 10.1 Å². The van der Waals surface area contributed by atoms with Crippen molar-refractivity contribution in [3.8, 4) is 5.75 Å². The molecule has 1 unspecified atom stereocenters. The minimum Gasteiger partial charge on any atom is -0.496 e. The number of nitrogens with one attached hydrogen (secondary N) is 1. The molecule has 0 aliphatic heterocycles. The standard InChI is InChI=1S/C17H20FNO/c1-12-7-4-5-8-14(12)11-19-13(2)17-15(18)9-6-10-16(17)20-3/h4-10,13,19H,11H2,1-3H3. The van der Waals surface area contributed by atoms with Crippen molar-refractivity contribution in [3.05, 3.63) is 65.0 Å². The third-order valence-electron chi connectivity index (χ3n) is 3.53. The van der Waals surface area contributed by atoms with Crippen LogP contribution >= 0.6 is 0 Å². The first-order chi connectivity index (χ1) is 9.63. The number of rotatable bonds is 5. The first kappa shape index (κ1) is 14.5. The molecule has 0 spiro atoms. The molecule has 3 heteroatoms. The molecular weight excluding hydrogens is 253 g/mol. The van der Waals surface area contributed by atoms with Gasteiger partial charge in [-0.25, -0.2) is 4.39 Å². The Balaban J connectivity index is 2.13. The number of benzene rings is 2. The smallest absolute Gasteiger partial charge is 0.131 e. The zero-order valence-electron chi connectivity index (χ0n) is 12.1. The summed E-state index contributed by atoms with van der Waals surface area (Å²) in [6, 6.07) is 13.0. The van der Waals surface area contributed by atoms with Gasteiger partial charge in [0.05, 0.1) is 7.11 Å². The molecule has 2 aromatic carbocycles. The van der Waals surface area contributed by atoms with Crippen LogP contribution in [0.1, 0.15) is 29.7 Å². The van der Waals surface area contributed by atoms with Crippen LogP contribution in [0, 0.1) is 12.7 Å². The van der Waals surface area contributed by atoms with Gasteiger partial charge in [-0.15, -0.1) is 0 Å². The van der Waals surface area contributed by atoms with Crippen molar-refractivity contribution in [1.82, 2.24) is 5.32 Å². The zero-order chi connectivity index (χ0) is 14.5. The fraction of sp³-hybridized carbons (Fsp3) is 0.294. The molecule has 1 N–H and O–H groups in total. The van der Waals surface area contributed by atoms with Gasteiger partial charge in [0.2, 0.25) is 0 Å². The molecule has 2 rings (SSSR count). The summed E-state index contributed by atoms with van der Waals surface area (Å²) in [7, 11) is 1.56. The van der Waals surface area contributed by atoms with Crippen LogP contribution in [0.3, 0.4) is 0 Å². The zero-order valence-corrected chi connectivity index (χ0v) is 12.1. The van der Waals surface area contributed by atoms with Crippen LogP contribution in [-0.4, -0.2) is 7.11 Å². The van der Waals surface area contributed by atoms with Crippen molar-refractivity contribution in [3.63, 3.8) is 0 Å². The molecule has 20 heavy (non-hydrogen) atoms. The average Bonchev–Trinajstić information content (AvgIpc) is 2.45. The summed E-state index contributed by atoms with van der Waals surface area (Å²) in [5.74, 6) is 0.337. The fourth-order valence-corrected chi connectivity index (χ4v) is 2.29. The third-order valence-corrected chi connectivity index (χ3v) is 3.53. The molecule has 0 heterocycles. The topological polar surface area (TPSA) is 21.3 Å². The summed E-state index contributed by atoms with van der Waals surface area (Å²) in [5.41, 5.74) is 3.02. The van der Waals surface area contributed by atoms with E-state index in [1.807, 2.05) is 19.1 Å². The van der Waals surface area contributed by atoms with E-state index in [0.717, 1.165) is 0 Å². The number of aryl methyl sites for hydroxylation is 1. The molecule has 106 valence electrons. The van der Waals surface area contributed by atoms with Crippen molar-refractivity contribution >= 4 is 0 Å². The van der Waals surface area contributed by atoms with E-state index in [-0.39, 0.29) is 11.9 Å². The van der Waals surface area contributed by atoms with Crippen LogP contribution < -0.4 is 10.1 Å². The van der Waals surface area contributed by atoms with E-state index in [4.69, 9.17) is 4.74 Å². The van der Waals surface area contributed by atoms with E-state index >= 15 is 0 Å². The fourth-order valence-electron chi connectivity index (χ4n) is 2.29. The molecule has 0 aliphatic rings. The van der Waals surface area contributed by atoms with Gasteiger partial charge in [0.1, 0.15) is 11.6 Å². The molecule has 0 amide bonds. The summed E-state index contributed by atoms with van der Waals surface area (Å²) < 4.78 is 19.2. The Morgan fingerprint density at radius 2 is 1.90 bits per heavy atom. The quantitative estimate of drug-likeness (QED) is 0.889. The van der Waals surface area contributed by atoms with E-state index in [2.05, 4.69) is 24.4 Å². The van der Waals surface area contributed by atoms with Gasteiger partial charge in [0.25, 0.3) is 0 Å². The Kier molecular flexibility index (Phi) is 4.74. The van der Waals surface area contributed by atoms with Crippen molar-refractivity contribution in [2.24, 2.45) is 0 Å². The minimum atomic E-state index is -0.242. The van der Waals surface area contributed by atoms with E-state index < -0.39 is 0 Å². The van der Waals surface area contributed by atoms with Gasteiger partial charge in [0, 0.05) is 18.2 Å². The van der Waals surface area contributed by atoms with Gasteiger partial charge >= 0.3 is 0 Å². The molecule has 0 fully saturated rings. The predicted molar refractivity (Wildman–Crippen MR) is 79.4 cm³/mol. The molecule has 0 saturated carbocycles. The largest absolute Gasteiger partial charge is 0.496 e. The van der Waals surface area contributed by atoms with Crippen LogP contribution in [0.25, 0.3) is 0 Å². The van der Waals surface area contributed by atoms with E-state index in [1.54, 1.807) is 19.2 Å². The molecule has 0 saturated heterocycles. The van der Waals surface area contributed by atoms with E-state index in [0.29, 0.717) is 17.9 Å². The maximum Gasteiger partial charge on any atom is 0.131 e. The Bertz CT molecular complexity index is 583. The van der Waals surface area contributed by atoms with Crippen LogP contribution in [0.5, 0.6) is 5.75 Å². The second-order valence-corrected chi connectivity index (χ2v) is 4.88. The van der Waals surface area contributed by atoms with E-state index in [1.165, 1.54) is 17.2 Å². The highest BCUT2D eigenvalue weighted by Crippen LogP contribution is 2.27. The van der Waals surface area contributed by atoms with Gasteiger partial charge in [-0.3, -0.25) is 0 Å². The highest BCUT2D eigenvalue weighted by Gasteiger charge is 2.16. The summed E-state index contributed by atoms with van der Waals surface area (Å²) in [6.45, 7) is 4.72. The maximum absolute atomic E-state index is 14.0. The van der Waals surface area contributed by atoms with Crippen LogP contribution in [-0.2, 0) is 6.54 Å². The predicted octanol–water partition coefficient (Wildman–Crippen LogP) is 3.99. The van der Waals surface area contributed by atoms with Crippen LogP contribution in [0.4, 0.5) is 4.39 Å². The Morgan fingerprint density at radius 3 is 2.60 bits per heavy atom. The maximum atomic E-state index is 14.0. The van der Waals surface area contributed by atoms with Crippen molar-refractivity contribution < 1.29 is 9.13 Å². The lowest BCUT2D eigenvalue weighted by Crippen LogP contribution is -2.20. The SMILES string of the molecule is COc1cccc(F)c1C(C)NCc1ccccc1C. The lowest BCUT2D eigenvalue weighted by atomic mass is 10.0. The Labute approximate surface area is 119 Å². The molecule has 1 atom stereocenters. The molecule has 2 nitrogen and oxygen atoms in total. The van der Waals surface area contributed by atoms with E-state index in [9.17, 15) is 4.39 Å². The molecule has 0 aromatic heterocycles. The van der Waals surface area contributed by atoms with Crippen molar-refractivity contribution in [1.29, 1.82) is 0 Å². The molecule has 0 aliphatic carbocycles. The van der Waals surface area contributed by atoms with Crippen LogP contribution in [0.2, 0.25) is 0 Å². The lowest BCUT2D eigenvalue weighted by molar-refractivity contribution is 0.393. The van der Waals surface area contributed by atoms with Gasteiger partial charge in [-0.05, 0) is 37.1 Å². The normalized spacial score (nSPS) is 12.2. The minimum absolute atomic E-state index is 0.120. The summed E-state index contributed by atoms with van der Waals surface area (Å²) in [4.78, 5) is 0. The van der Waals surface area contributed by atoms with Gasteiger partial charge in [-0.1, -0.05) is 30.3 Å². The highest BCUT2D eigenvalue weighted by molar-refractivity contribution is 5.37. The summed E-state index contributed by atoms with van der Waals surface area (Å²) in [5, 5.41) is 3.35. The highest BCUT2D eigenvalue weighted by atomic mass is 19.1. The lowest BCUT2D eigenvalue weighted by Gasteiger charge is -2.18. The van der Waals surface area contributed by atoms with Crippen molar-refractivity contribution in [2.75, 3.05) is 7.11 Å². The Morgan fingerprint density at radius 1 is 1.15 bits per heavy atom. The number of halogens is 1. The number of ether oxygens (including phenoxy) is 1. The monoisotopic (exact) mass is 273 g/mol. The van der Waals surface area contributed by atoms with Crippen molar-refractivity contribution in [2.45, 2.75) is 26.4 Å². The molecule has 0 radical (unpaired) electrons. The molecule has 2 aromatic rings. The van der Waals surface area contributed by atoms with Crippen LogP contribution in [0.15, 0.2) is 42.5 Å². The molecular formula is C17H20FNO. The number of hydrogen-bond acceptors (Lipinski definition) is 2. The number of hydrogen-bond donors (Lipinski definition) is 1. The second kappa shape index (κ2) is 6.53. The average molecular weight is 273 g/mol. The number of methoxy groups -OCH3 is 1. The third kappa shape index (κ3) is 3.17. The Hall–Kier alpha value is -1.87. The first-order valence-electron chi connectivity index (χ1n) is 6.73. The summed E-state index contributed by atoms with van der Waals surface area (Å²) in [6.07, 6.45) is 0. The molecule has 0 bridgehead atoms. The van der Waals surface area contributed by atoms with Gasteiger partial charge in [0.15, 0.2) is 0 Å². The second-order valence-electron chi connectivity index (χ2n) is 4.88. The first-order valence-corrected chi connectivity index (χ1v) is 6.73. The summed E-state index contributed by atoms with van der Waals surface area (Å²) >= 11 is 0.